The van der Waals surface area contributed by atoms with Crippen LogP contribution < -0.4 is 10.6 Å². The number of nitrogens with one attached hydrogen (secondary N) is 2. The van der Waals surface area contributed by atoms with Gasteiger partial charge in [0.2, 0.25) is 5.91 Å². The van der Waals surface area contributed by atoms with Gasteiger partial charge in [0, 0.05) is 28.1 Å². The van der Waals surface area contributed by atoms with Crippen LogP contribution in [0.15, 0.2) is 54.7 Å². The molecule has 0 aliphatic heterocycles. The van der Waals surface area contributed by atoms with E-state index in [4.69, 9.17) is 11.6 Å². The van der Waals surface area contributed by atoms with E-state index in [1.165, 1.54) is 11.3 Å². The van der Waals surface area contributed by atoms with E-state index in [0.29, 0.717) is 22.1 Å². The molecule has 2 amide bonds. The van der Waals surface area contributed by atoms with Crippen LogP contribution in [0.5, 0.6) is 0 Å². The zero-order valence-electron chi connectivity index (χ0n) is 19.6. The Labute approximate surface area is 204 Å². The Morgan fingerprint density at radius 2 is 1.67 bits per heavy atom. The maximum absolute atomic E-state index is 12.9. The predicted octanol–water partition coefficient (Wildman–Crippen LogP) is 6.08. The van der Waals surface area contributed by atoms with Gasteiger partial charge < -0.3 is 10.6 Å². The third-order valence-corrected chi connectivity index (χ3v) is 6.49. The van der Waals surface area contributed by atoms with Crippen molar-refractivity contribution in [2.24, 2.45) is 5.92 Å². The molecule has 3 rings (SSSR count). The molecule has 0 aliphatic rings. The van der Waals surface area contributed by atoms with E-state index in [9.17, 15) is 9.59 Å². The highest BCUT2D eigenvalue weighted by Gasteiger charge is 2.26. The number of anilines is 1. The van der Waals surface area contributed by atoms with E-state index in [2.05, 4.69) is 36.4 Å². The molecule has 2 aromatic carbocycles. The number of nitrogens with zero attached hydrogens (tertiary/aromatic N) is 1. The van der Waals surface area contributed by atoms with Crippen LogP contribution in [0.25, 0.3) is 0 Å². The normalized spacial score (nSPS) is 12.5. The monoisotopic (exact) mass is 483 g/mol. The largest absolute Gasteiger partial charge is 0.340 e. The van der Waals surface area contributed by atoms with Crippen LogP contribution in [0, 0.1) is 5.92 Å². The van der Waals surface area contributed by atoms with E-state index in [1.54, 1.807) is 18.3 Å². The third kappa shape index (κ3) is 6.89. The molecule has 33 heavy (non-hydrogen) atoms. The Balaban J connectivity index is 1.63. The number of hydrogen-bond donors (Lipinski definition) is 2. The van der Waals surface area contributed by atoms with Gasteiger partial charge in [-0.15, -0.1) is 11.3 Å². The molecule has 0 saturated carbocycles. The summed E-state index contributed by atoms with van der Waals surface area (Å²) < 4.78 is 0. The van der Waals surface area contributed by atoms with Crippen molar-refractivity contribution in [1.82, 2.24) is 10.3 Å². The van der Waals surface area contributed by atoms with Crippen LogP contribution in [0.2, 0.25) is 5.02 Å². The summed E-state index contributed by atoms with van der Waals surface area (Å²) in [5, 5.41) is 6.94. The molecule has 0 radical (unpaired) electrons. The summed E-state index contributed by atoms with van der Waals surface area (Å²) in [7, 11) is 0. The minimum absolute atomic E-state index is 0.00940. The van der Waals surface area contributed by atoms with Gasteiger partial charge >= 0.3 is 0 Å². The molecule has 0 spiro atoms. The number of benzene rings is 2. The second-order valence-electron chi connectivity index (χ2n) is 9.45. The number of thiazole rings is 1. The Hall–Kier alpha value is -2.70. The lowest BCUT2D eigenvalue weighted by molar-refractivity contribution is -0.118. The Kier molecular flexibility index (Phi) is 7.92. The van der Waals surface area contributed by atoms with Crippen LogP contribution in [-0.2, 0) is 16.6 Å². The van der Waals surface area contributed by atoms with Crippen LogP contribution in [0.4, 0.5) is 5.13 Å². The standard InChI is InChI=1S/C26H30ClN3O2S/c1-16(2)22(29-23(31)18-8-10-19(11-9-18)26(3,4)5)24(32)30-25-28-15-21(33-25)14-17-6-12-20(27)13-7-17/h6-13,15-16,22H,14H2,1-5H3,(H,29,31)(H,28,30,32)/t22-/m1/s1. The van der Waals surface area contributed by atoms with Gasteiger partial charge in [0.15, 0.2) is 5.13 Å². The molecular weight excluding hydrogens is 454 g/mol. The van der Waals surface area contributed by atoms with Gasteiger partial charge in [-0.1, -0.05) is 70.5 Å². The lowest BCUT2D eigenvalue weighted by atomic mass is 9.86. The fourth-order valence-electron chi connectivity index (χ4n) is 3.31. The van der Waals surface area contributed by atoms with Gasteiger partial charge in [-0.3, -0.25) is 9.59 Å². The number of carbonyl (C=O) groups excluding carboxylic acids is 2. The summed E-state index contributed by atoms with van der Waals surface area (Å²) in [6.07, 6.45) is 2.47. The zero-order valence-corrected chi connectivity index (χ0v) is 21.2. The predicted molar refractivity (Wildman–Crippen MR) is 136 cm³/mol. The van der Waals surface area contributed by atoms with Gasteiger partial charge in [-0.2, -0.15) is 0 Å². The first kappa shape index (κ1) is 24.9. The van der Waals surface area contributed by atoms with Crippen molar-refractivity contribution >= 4 is 39.9 Å². The van der Waals surface area contributed by atoms with E-state index >= 15 is 0 Å². The molecule has 0 aliphatic carbocycles. The number of aromatic nitrogens is 1. The molecule has 0 unspecified atom stereocenters. The molecule has 1 aromatic heterocycles. The SMILES string of the molecule is CC(C)[C@@H](NC(=O)c1ccc(C(C)(C)C)cc1)C(=O)Nc1ncc(Cc2ccc(Cl)cc2)s1. The molecule has 7 heteroatoms. The van der Waals surface area contributed by atoms with E-state index in [0.717, 1.165) is 16.0 Å². The molecule has 1 heterocycles. The summed E-state index contributed by atoms with van der Waals surface area (Å²) in [5.74, 6) is -0.639. The summed E-state index contributed by atoms with van der Waals surface area (Å²) in [5.41, 5.74) is 2.80. The smallest absolute Gasteiger partial charge is 0.251 e. The summed E-state index contributed by atoms with van der Waals surface area (Å²) >= 11 is 7.36. The van der Waals surface area contributed by atoms with Gasteiger partial charge in [0.1, 0.15) is 6.04 Å². The summed E-state index contributed by atoms with van der Waals surface area (Å²) in [4.78, 5) is 31.1. The highest BCUT2D eigenvalue weighted by Crippen LogP contribution is 2.24. The minimum atomic E-state index is -0.677. The molecule has 0 fully saturated rings. The van der Waals surface area contributed by atoms with Crippen LogP contribution >= 0.6 is 22.9 Å². The fraction of sp³-hybridized carbons (Fsp3) is 0.346. The lowest BCUT2D eigenvalue weighted by Crippen LogP contribution is -2.47. The maximum atomic E-state index is 12.9. The molecule has 3 aromatic rings. The third-order valence-electron chi connectivity index (χ3n) is 5.32. The number of amides is 2. The van der Waals surface area contributed by atoms with Gasteiger partial charge in [-0.05, 0) is 46.7 Å². The molecule has 1 atom stereocenters. The molecule has 0 bridgehead atoms. The maximum Gasteiger partial charge on any atom is 0.251 e. The Morgan fingerprint density at radius 1 is 1.03 bits per heavy atom. The highest BCUT2D eigenvalue weighted by molar-refractivity contribution is 7.15. The van der Waals surface area contributed by atoms with Crippen molar-refractivity contribution in [1.29, 1.82) is 0 Å². The average Bonchev–Trinajstić information content (AvgIpc) is 3.19. The lowest BCUT2D eigenvalue weighted by Gasteiger charge is -2.22. The first-order valence-corrected chi connectivity index (χ1v) is 12.1. The van der Waals surface area contributed by atoms with Crippen molar-refractivity contribution in [3.05, 3.63) is 81.3 Å². The molecule has 5 nitrogen and oxygen atoms in total. The topological polar surface area (TPSA) is 71.1 Å². The Morgan fingerprint density at radius 3 is 2.24 bits per heavy atom. The number of carbonyl (C=O) groups is 2. The first-order chi connectivity index (χ1) is 15.5. The number of halogens is 1. The summed E-state index contributed by atoms with van der Waals surface area (Å²) in [6.45, 7) is 10.2. The average molecular weight is 484 g/mol. The quantitative estimate of drug-likeness (QED) is 0.428. The zero-order chi connectivity index (χ0) is 24.2. The Bertz CT molecular complexity index is 1100. The summed E-state index contributed by atoms with van der Waals surface area (Å²) in [6, 6.07) is 14.5. The second-order valence-corrected chi connectivity index (χ2v) is 11.0. The minimum Gasteiger partial charge on any atom is -0.340 e. The fourth-order valence-corrected chi connectivity index (χ4v) is 4.29. The number of hydrogen-bond acceptors (Lipinski definition) is 4. The molecular formula is C26H30ClN3O2S. The van der Waals surface area contributed by atoms with Crippen molar-refractivity contribution < 1.29 is 9.59 Å². The van der Waals surface area contributed by atoms with Crippen LogP contribution in [0.1, 0.15) is 61.0 Å². The van der Waals surface area contributed by atoms with Gasteiger partial charge in [-0.25, -0.2) is 4.98 Å². The van der Waals surface area contributed by atoms with Crippen LogP contribution in [-0.4, -0.2) is 22.8 Å². The van der Waals surface area contributed by atoms with E-state index in [1.807, 2.05) is 50.2 Å². The highest BCUT2D eigenvalue weighted by atomic mass is 35.5. The first-order valence-electron chi connectivity index (χ1n) is 10.9. The van der Waals surface area contributed by atoms with Crippen molar-refractivity contribution in [3.63, 3.8) is 0 Å². The molecule has 0 saturated heterocycles. The van der Waals surface area contributed by atoms with Crippen molar-refractivity contribution in [3.8, 4) is 0 Å². The van der Waals surface area contributed by atoms with Gasteiger partial charge in [0.05, 0.1) is 0 Å². The molecule has 174 valence electrons. The number of rotatable bonds is 7. The van der Waals surface area contributed by atoms with Gasteiger partial charge in [0.25, 0.3) is 5.91 Å². The van der Waals surface area contributed by atoms with Crippen molar-refractivity contribution in [2.75, 3.05) is 5.32 Å². The van der Waals surface area contributed by atoms with Crippen molar-refractivity contribution in [2.45, 2.75) is 52.5 Å². The second kappa shape index (κ2) is 10.5. The molecule has 2 N–H and O–H groups in total. The van der Waals surface area contributed by atoms with Crippen LogP contribution in [0.3, 0.4) is 0 Å². The van der Waals surface area contributed by atoms with E-state index < -0.39 is 6.04 Å². The van der Waals surface area contributed by atoms with E-state index in [-0.39, 0.29) is 23.1 Å².